The van der Waals surface area contributed by atoms with E-state index < -0.39 is 16.0 Å². The summed E-state index contributed by atoms with van der Waals surface area (Å²) >= 11 is 0. The van der Waals surface area contributed by atoms with E-state index in [4.69, 9.17) is 5.11 Å². The maximum atomic E-state index is 11.1. The Morgan fingerprint density at radius 2 is 2.14 bits per heavy atom. The van der Waals surface area contributed by atoms with Crippen molar-refractivity contribution in [3.63, 3.8) is 0 Å². The van der Waals surface area contributed by atoms with Gasteiger partial charge in [0.05, 0.1) is 12.2 Å². The second kappa shape index (κ2) is 6.56. The topological polar surface area (TPSA) is 83.5 Å². The number of carbonyl (C=O) groups is 1. The lowest BCUT2D eigenvalue weighted by Gasteiger charge is -2.02. The van der Waals surface area contributed by atoms with Crippen molar-refractivity contribution in [3.8, 4) is 0 Å². The van der Waals surface area contributed by atoms with E-state index in [-0.39, 0.29) is 12.2 Å². The average Bonchev–Trinajstić information content (AvgIpc) is 2.10. The molecule has 0 aromatic heterocycles. The molecular formula is C8H15NO4S. The Balaban J connectivity index is 3.78. The molecule has 0 heterocycles. The van der Waals surface area contributed by atoms with Gasteiger partial charge in [-0.2, -0.15) is 0 Å². The van der Waals surface area contributed by atoms with Crippen LogP contribution in [0.2, 0.25) is 0 Å². The molecule has 6 heteroatoms. The van der Waals surface area contributed by atoms with Gasteiger partial charge in [0.25, 0.3) is 0 Å². The normalized spacial score (nSPS) is 12.1. The standard InChI is InChI=1S/C8H15NO4S/c1-2-3-4-6-9-14(12,13)7-5-8(10)11/h2-3,9H,4-7H2,1H3,(H,10,11)/b3-2+. The van der Waals surface area contributed by atoms with Gasteiger partial charge in [-0.1, -0.05) is 12.2 Å². The fourth-order valence-electron chi connectivity index (χ4n) is 0.758. The molecule has 0 aromatic rings. The number of allylic oxidation sites excluding steroid dienone is 1. The second-order valence-corrected chi connectivity index (χ2v) is 4.64. The molecule has 0 bridgehead atoms. The quantitative estimate of drug-likeness (QED) is 0.480. The van der Waals surface area contributed by atoms with Crippen LogP contribution in [-0.4, -0.2) is 31.8 Å². The molecule has 0 fully saturated rings. The van der Waals surface area contributed by atoms with E-state index in [1.165, 1.54) is 0 Å². The maximum absolute atomic E-state index is 11.1. The Bertz CT molecular complexity index is 294. The van der Waals surface area contributed by atoms with Crippen LogP contribution in [0.4, 0.5) is 0 Å². The number of hydrogen-bond donors (Lipinski definition) is 2. The summed E-state index contributed by atoms with van der Waals surface area (Å²) in [6, 6.07) is 0. The summed E-state index contributed by atoms with van der Waals surface area (Å²) in [4.78, 5) is 10.1. The summed E-state index contributed by atoms with van der Waals surface area (Å²) in [5.74, 6) is -1.47. The molecule has 0 saturated heterocycles. The van der Waals surface area contributed by atoms with Crippen molar-refractivity contribution >= 4 is 16.0 Å². The van der Waals surface area contributed by atoms with E-state index in [1.54, 1.807) is 0 Å². The zero-order valence-corrected chi connectivity index (χ0v) is 8.88. The Morgan fingerprint density at radius 3 is 2.64 bits per heavy atom. The lowest BCUT2D eigenvalue weighted by atomic mass is 10.4. The molecular weight excluding hydrogens is 206 g/mol. The highest BCUT2D eigenvalue weighted by molar-refractivity contribution is 7.89. The Hall–Kier alpha value is -0.880. The second-order valence-electron chi connectivity index (χ2n) is 2.71. The fraction of sp³-hybridized carbons (Fsp3) is 0.625. The average molecular weight is 221 g/mol. The number of hydrogen-bond acceptors (Lipinski definition) is 3. The van der Waals surface area contributed by atoms with Gasteiger partial charge < -0.3 is 5.11 Å². The molecule has 0 radical (unpaired) electrons. The molecule has 0 amide bonds. The summed E-state index contributed by atoms with van der Waals surface area (Å²) in [5.41, 5.74) is 0. The molecule has 82 valence electrons. The number of nitrogens with one attached hydrogen (secondary N) is 1. The van der Waals surface area contributed by atoms with Crippen LogP contribution in [-0.2, 0) is 14.8 Å². The first kappa shape index (κ1) is 13.1. The highest BCUT2D eigenvalue weighted by Crippen LogP contribution is 1.90. The van der Waals surface area contributed by atoms with Gasteiger partial charge in [0, 0.05) is 6.54 Å². The SMILES string of the molecule is C/C=C/CCNS(=O)(=O)CCC(=O)O. The van der Waals surface area contributed by atoms with Gasteiger partial charge in [-0.3, -0.25) is 4.79 Å². The summed E-state index contributed by atoms with van der Waals surface area (Å²) in [7, 11) is -3.42. The van der Waals surface area contributed by atoms with Crippen molar-refractivity contribution < 1.29 is 18.3 Å². The van der Waals surface area contributed by atoms with Crippen molar-refractivity contribution in [1.82, 2.24) is 4.72 Å². The third-order valence-electron chi connectivity index (χ3n) is 1.45. The highest BCUT2D eigenvalue weighted by atomic mass is 32.2. The number of aliphatic carboxylic acids is 1. The number of carboxylic acid groups (broad SMARTS) is 1. The Labute approximate surface area is 83.9 Å². The van der Waals surface area contributed by atoms with E-state index >= 15 is 0 Å². The van der Waals surface area contributed by atoms with Gasteiger partial charge in [0.2, 0.25) is 10.0 Å². The van der Waals surface area contributed by atoms with Crippen molar-refractivity contribution in [3.05, 3.63) is 12.2 Å². The largest absolute Gasteiger partial charge is 0.481 e. The van der Waals surface area contributed by atoms with Crippen molar-refractivity contribution in [2.24, 2.45) is 0 Å². The van der Waals surface area contributed by atoms with Gasteiger partial charge in [-0.15, -0.1) is 0 Å². The van der Waals surface area contributed by atoms with Gasteiger partial charge in [0.15, 0.2) is 0 Å². The van der Waals surface area contributed by atoms with Crippen molar-refractivity contribution in [2.75, 3.05) is 12.3 Å². The zero-order valence-electron chi connectivity index (χ0n) is 8.06. The molecule has 0 aliphatic rings. The first-order chi connectivity index (χ1) is 6.48. The van der Waals surface area contributed by atoms with E-state index in [1.807, 2.05) is 19.1 Å². The summed E-state index contributed by atoms with van der Waals surface area (Å²) in [6.45, 7) is 2.16. The predicted molar refractivity (Wildman–Crippen MR) is 53.5 cm³/mol. The van der Waals surface area contributed by atoms with Gasteiger partial charge in [-0.05, 0) is 13.3 Å². The number of carboxylic acids is 1. The van der Waals surface area contributed by atoms with Gasteiger partial charge in [0.1, 0.15) is 0 Å². The molecule has 2 N–H and O–H groups in total. The molecule has 14 heavy (non-hydrogen) atoms. The molecule has 0 unspecified atom stereocenters. The van der Waals surface area contributed by atoms with Crippen molar-refractivity contribution in [2.45, 2.75) is 19.8 Å². The molecule has 5 nitrogen and oxygen atoms in total. The molecule has 0 atom stereocenters. The van der Waals surface area contributed by atoms with Gasteiger partial charge in [-0.25, -0.2) is 13.1 Å². The summed E-state index contributed by atoms with van der Waals surface area (Å²) < 4.78 is 24.5. The first-order valence-electron chi connectivity index (χ1n) is 4.28. The first-order valence-corrected chi connectivity index (χ1v) is 5.93. The molecule has 0 aliphatic carbocycles. The van der Waals surface area contributed by atoms with Gasteiger partial charge >= 0.3 is 5.97 Å². The van der Waals surface area contributed by atoms with Crippen LogP contribution in [0.25, 0.3) is 0 Å². The van der Waals surface area contributed by atoms with E-state index in [2.05, 4.69) is 4.72 Å². The lowest BCUT2D eigenvalue weighted by molar-refractivity contribution is -0.136. The van der Waals surface area contributed by atoms with Crippen LogP contribution in [0.15, 0.2) is 12.2 Å². The monoisotopic (exact) mass is 221 g/mol. The van der Waals surface area contributed by atoms with Crippen LogP contribution in [0.1, 0.15) is 19.8 Å². The highest BCUT2D eigenvalue weighted by Gasteiger charge is 2.10. The number of rotatable bonds is 7. The zero-order chi connectivity index (χ0) is 11.0. The molecule has 0 spiro atoms. The smallest absolute Gasteiger partial charge is 0.304 e. The maximum Gasteiger partial charge on any atom is 0.304 e. The number of sulfonamides is 1. The minimum Gasteiger partial charge on any atom is -0.481 e. The van der Waals surface area contributed by atoms with Crippen LogP contribution < -0.4 is 4.72 Å². The van der Waals surface area contributed by atoms with Crippen LogP contribution in [0.3, 0.4) is 0 Å². The van der Waals surface area contributed by atoms with E-state index in [9.17, 15) is 13.2 Å². The summed E-state index contributed by atoms with van der Waals surface area (Å²) in [5, 5.41) is 8.28. The predicted octanol–water partition coefficient (Wildman–Crippen LogP) is 0.347. The van der Waals surface area contributed by atoms with E-state index in [0.717, 1.165) is 0 Å². The van der Waals surface area contributed by atoms with Crippen LogP contribution in [0.5, 0.6) is 0 Å². The molecule has 0 aliphatic heterocycles. The fourth-order valence-corrected chi connectivity index (χ4v) is 1.77. The minimum absolute atomic E-state index is 0.312. The third kappa shape index (κ3) is 7.75. The summed E-state index contributed by atoms with van der Waals surface area (Å²) in [6.07, 6.45) is 3.91. The molecule has 0 rings (SSSR count). The lowest BCUT2D eigenvalue weighted by Crippen LogP contribution is -2.28. The Morgan fingerprint density at radius 1 is 1.50 bits per heavy atom. The molecule has 0 saturated carbocycles. The minimum atomic E-state index is -3.42. The van der Waals surface area contributed by atoms with Crippen LogP contribution >= 0.6 is 0 Å². The third-order valence-corrected chi connectivity index (χ3v) is 2.84. The van der Waals surface area contributed by atoms with Crippen molar-refractivity contribution in [1.29, 1.82) is 0 Å². The van der Waals surface area contributed by atoms with Crippen LogP contribution in [0, 0.1) is 0 Å². The molecule has 0 aromatic carbocycles. The Kier molecular flexibility index (Phi) is 6.14. The van der Waals surface area contributed by atoms with E-state index in [0.29, 0.717) is 13.0 Å².